The fraction of sp³-hybridized carbons (Fsp3) is 0.889. The molecule has 0 spiro atoms. The first kappa shape index (κ1) is 12.3. The zero-order chi connectivity index (χ0) is 8.91. The van der Waals surface area contributed by atoms with Gasteiger partial charge in [0.2, 0.25) is 0 Å². The van der Waals surface area contributed by atoms with Crippen molar-refractivity contribution in [2.45, 2.75) is 43.3 Å². The normalized spacial score (nSPS) is 15.0. The van der Waals surface area contributed by atoms with Gasteiger partial charge in [-0.15, -0.1) is 0 Å². The predicted octanol–water partition coefficient (Wildman–Crippen LogP) is 4.09. The van der Waals surface area contributed by atoms with E-state index in [0.717, 1.165) is 0 Å². The molecule has 0 aliphatic rings. The Balaban J connectivity index is 4.05. The molecule has 0 nitrogen and oxygen atoms in total. The zero-order valence-electron chi connectivity index (χ0n) is 7.99. The molecular formula is C9H20BrSn. The van der Waals surface area contributed by atoms with Crippen LogP contribution in [0.1, 0.15) is 20.8 Å². The van der Waals surface area contributed by atoms with E-state index in [4.69, 9.17) is 0 Å². The Labute approximate surface area is 84.1 Å². The number of alkyl halides is 1. The molecule has 0 aromatic heterocycles. The van der Waals surface area contributed by atoms with Crippen LogP contribution in [0.15, 0.2) is 0 Å². The van der Waals surface area contributed by atoms with E-state index in [1.54, 1.807) is 0 Å². The van der Waals surface area contributed by atoms with Crippen molar-refractivity contribution in [3.05, 3.63) is 6.92 Å². The maximum absolute atomic E-state index is 4.04. The molecule has 67 valence electrons. The second kappa shape index (κ2) is 5.84. The second-order valence-electron chi connectivity index (χ2n) is 3.36. The summed E-state index contributed by atoms with van der Waals surface area (Å²) in [6.45, 7) is 11.2. The summed E-state index contributed by atoms with van der Waals surface area (Å²) in [5.41, 5.74) is 0. The van der Waals surface area contributed by atoms with E-state index in [-0.39, 0.29) is 0 Å². The Morgan fingerprint density at radius 1 is 1.18 bits per heavy atom. The summed E-state index contributed by atoms with van der Waals surface area (Å²) in [5, 5.41) is 0. The van der Waals surface area contributed by atoms with Crippen LogP contribution < -0.4 is 0 Å². The van der Waals surface area contributed by atoms with Crippen molar-refractivity contribution in [3.63, 3.8) is 0 Å². The molecule has 2 heteroatoms. The summed E-state index contributed by atoms with van der Waals surface area (Å²) in [7, 11) is 0. The summed E-state index contributed by atoms with van der Waals surface area (Å²) < 4.78 is 5.87. The summed E-state index contributed by atoms with van der Waals surface area (Å²) >= 11 is 1.95. The van der Waals surface area contributed by atoms with Gasteiger partial charge in [-0.1, -0.05) is 0 Å². The molecule has 0 aliphatic carbocycles. The number of hydrogen-bond acceptors (Lipinski definition) is 0. The van der Waals surface area contributed by atoms with Crippen LogP contribution in [0.25, 0.3) is 0 Å². The summed E-state index contributed by atoms with van der Waals surface area (Å²) in [6.07, 6.45) is 0. The van der Waals surface area contributed by atoms with Gasteiger partial charge in [-0.2, -0.15) is 0 Å². The predicted molar refractivity (Wildman–Crippen MR) is 60.1 cm³/mol. The van der Waals surface area contributed by atoms with Crippen molar-refractivity contribution in [2.24, 2.45) is 0 Å². The van der Waals surface area contributed by atoms with Gasteiger partial charge in [-0.05, 0) is 0 Å². The molecule has 0 aromatic carbocycles. The number of halogens is 1. The van der Waals surface area contributed by atoms with Crippen LogP contribution in [0, 0.1) is 6.92 Å². The summed E-state index contributed by atoms with van der Waals surface area (Å²) in [5.74, 6) is 0. The fourth-order valence-electron chi connectivity index (χ4n) is 1.65. The van der Waals surface area contributed by atoms with Gasteiger partial charge in [0.1, 0.15) is 0 Å². The van der Waals surface area contributed by atoms with Crippen molar-refractivity contribution in [1.82, 2.24) is 0 Å². The van der Waals surface area contributed by atoms with E-state index in [2.05, 4.69) is 43.6 Å². The first-order valence-electron chi connectivity index (χ1n) is 4.57. The Morgan fingerprint density at radius 3 is 1.64 bits per heavy atom. The molecule has 0 bridgehead atoms. The van der Waals surface area contributed by atoms with E-state index >= 15 is 0 Å². The molecule has 0 aromatic rings. The standard InChI is InChI=1S/C3H5Br.3C2H5.Sn/c1-3(2)4;3*1-2;/h3H,1-2H2;3*1H2,2H3;. The Morgan fingerprint density at radius 2 is 1.55 bits per heavy atom. The molecule has 0 amide bonds. The molecule has 0 rings (SSSR count). The average molecular weight is 327 g/mol. The van der Waals surface area contributed by atoms with Gasteiger partial charge in [0.25, 0.3) is 0 Å². The minimum absolute atomic E-state index is 0.512. The molecular weight excluding hydrogens is 307 g/mol. The second-order valence-corrected chi connectivity index (χ2v) is 20.4. The number of rotatable bonds is 5. The SMILES string of the molecule is [CH2]C(Br)[CH2][Sn]([CH2]C)([CH2]C)[CH2]C. The van der Waals surface area contributed by atoms with Gasteiger partial charge in [0, 0.05) is 0 Å². The Bertz CT molecular complexity index is 89.5. The Kier molecular flexibility index (Phi) is 6.52. The molecule has 0 saturated carbocycles. The van der Waals surface area contributed by atoms with Crippen LogP contribution in [-0.2, 0) is 0 Å². The number of hydrogen-bond donors (Lipinski definition) is 0. The van der Waals surface area contributed by atoms with E-state index in [1.807, 2.05) is 0 Å². The molecule has 0 saturated heterocycles. The van der Waals surface area contributed by atoms with Crippen molar-refractivity contribution < 1.29 is 0 Å². The maximum atomic E-state index is 4.04. The quantitative estimate of drug-likeness (QED) is 0.527. The van der Waals surface area contributed by atoms with Crippen LogP contribution >= 0.6 is 15.9 Å². The van der Waals surface area contributed by atoms with Crippen LogP contribution in [0.4, 0.5) is 0 Å². The zero-order valence-corrected chi connectivity index (χ0v) is 12.4. The van der Waals surface area contributed by atoms with Gasteiger partial charge in [0.15, 0.2) is 0 Å². The van der Waals surface area contributed by atoms with Gasteiger partial charge >= 0.3 is 84.6 Å². The summed E-state index contributed by atoms with van der Waals surface area (Å²) in [6, 6.07) is 0. The monoisotopic (exact) mass is 327 g/mol. The van der Waals surface area contributed by atoms with E-state index in [1.165, 1.54) is 17.7 Å². The molecule has 11 heavy (non-hydrogen) atoms. The minimum atomic E-state index is -1.62. The Hall–Kier alpha value is 1.28. The first-order chi connectivity index (χ1) is 5.10. The van der Waals surface area contributed by atoms with Crippen molar-refractivity contribution in [3.8, 4) is 0 Å². The molecule has 0 N–H and O–H groups in total. The van der Waals surface area contributed by atoms with Crippen LogP contribution in [0.3, 0.4) is 0 Å². The molecule has 0 fully saturated rings. The average Bonchev–Trinajstić information content (AvgIpc) is 2.00. The van der Waals surface area contributed by atoms with Crippen LogP contribution in [-0.4, -0.2) is 23.2 Å². The van der Waals surface area contributed by atoms with Crippen molar-refractivity contribution >= 4 is 34.3 Å². The topological polar surface area (TPSA) is 0 Å². The summed E-state index contributed by atoms with van der Waals surface area (Å²) in [4.78, 5) is 0.512. The van der Waals surface area contributed by atoms with Gasteiger partial charge in [-0.3, -0.25) is 0 Å². The molecule has 1 atom stereocenters. The molecule has 1 radical (unpaired) electrons. The van der Waals surface area contributed by atoms with Gasteiger partial charge < -0.3 is 0 Å². The van der Waals surface area contributed by atoms with E-state index in [0.29, 0.717) is 4.83 Å². The van der Waals surface area contributed by atoms with Crippen molar-refractivity contribution in [2.75, 3.05) is 0 Å². The van der Waals surface area contributed by atoms with E-state index in [9.17, 15) is 0 Å². The fourth-order valence-corrected chi connectivity index (χ4v) is 15.7. The van der Waals surface area contributed by atoms with Crippen LogP contribution in [0.2, 0.25) is 17.7 Å². The third-order valence-corrected chi connectivity index (χ3v) is 21.7. The molecule has 0 aliphatic heterocycles. The third kappa shape index (κ3) is 4.16. The third-order valence-electron chi connectivity index (χ3n) is 2.90. The van der Waals surface area contributed by atoms with E-state index < -0.39 is 18.4 Å². The van der Waals surface area contributed by atoms with Gasteiger partial charge in [-0.25, -0.2) is 0 Å². The first-order valence-corrected chi connectivity index (χ1v) is 13.6. The van der Waals surface area contributed by atoms with Crippen molar-refractivity contribution in [1.29, 1.82) is 0 Å². The van der Waals surface area contributed by atoms with Crippen LogP contribution in [0.5, 0.6) is 0 Å². The van der Waals surface area contributed by atoms with Gasteiger partial charge in [0.05, 0.1) is 0 Å². The molecule has 1 unspecified atom stereocenters. The molecule has 0 heterocycles.